The van der Waals surface area contributed by atoms with Crippen LogP contribution < -0.4 is 25.4 Å². The molecule has 0 aliphatic carbocycles. The number of unbranched alkanes of at least 4 members (excludes halogenated alkanes) is 4. The number of rotatable bonds is 10. The summed E-state index contributed by atoms with van der Waals surface area (Å²) in [5.41, 5.74) is 17.7. The molecule has 310 valence electrons. The Hall–Kier alpha value is -6.76. The third-order valence-corrected chi connectivity index (χ3v) is 15.3. The third-order valence-electron chi connectivity index (χ3n) is 14.2. The summed E-state index contributed by atoms with van der Waals surface area (Å²) in [6, 6.07) is 59.7. The van der Waals surface area contributed by atoms with Gasteiger partial charge in [-0.25, -0.2) is 0 Å². The van der Waals surface area contributed by atoms with E-state index in [0.29, 0.717) is 0 Å². The summed E-state index contributed by atoms with van der Waals surface area (Å²) in [5.74, 6) is 1.72. The topological polar surface area (TPSA) is 20.6 Å². The number of aryl methyl sites for hydroxylation is 2. The highest BCUT2D eigenvalue weighted by atomic mass is 32.1. The molecule has 0 saturated carbocycles. The molecule has 5 heterocycles. The fourth-order valence-corrected chi connectivity index (χ4v) is 12.4. The van der Waals surface area contributed by atoms with Crippen molar-refractivity contribution in [2.75, 3.05) is 9.71 Å². The first-order valence-corrected chi connectivity index (χ1v) is 24.2. The summed E-state index contributed by atoms with van der Waals surface area (Å²) in [6.07, 6.45) is 9.54. The Bertz CT molecular complexity index is 3450. The largest absolute Gasteiger partial charge is 0.453 e. The number of para-hydroxylation sites is 5. The number of hydrogen-bond donors (Lipinski definition) is 0. The van der Waals surface area contributed by atoms with Crippen LogP contribution in [0.4, 0.5) is 28.4 Å². The van der Waals surface area contributed by atoms with Crippen LogP contribution in [-0.2, 0) is 12.8 Å². The van der Waals surface area contributed by atoms with Crippen LogP contribution in [0.25, 0.3) is 58.8 Å². The van der Waals surface area contributed by atoms with Crippen LogP contribution in [-0.4, -0.2) is 11.4 Å². The predicted octanol–water partition coefficient (Wildman–Crippen LogP) is 15.4. The maximum Gasteiger partial charge on any atom is 0.333 e. The molecule has 6 heteroatoms. The average Bonchev–Trinajstić information content (AvgIpc) is 3.88. The van der Waals surface area contributed by atoms with Gasteiger partial charge in [0.15, 0.2) is 11.5 Å². The predicted molar refractivity (Wildman–Crippen MR) is 274 cm³/mol. The SMILES string of the molecule is CCCCCc1ccc(N2B3c4cc(CCCCC)ccc4-n4c5ccccc5c5c(N6c7ccccc7Oc7ccccc76)cc(c3c54)-c3cc4sc5ccccc5c4cc32)cc1. The quantitative estimate of drug-likeness (QED) is 0.101. The number of anilines is 5. The zero-order valence-electron chi connectivity index (χ0n) is 36.4. The number of benzene rings is 8. The van der Waals surface area contributed by atoms with Gasteiger partial charge in [-0.2, -0.15) is 0 Å². The van der Waals surface area contributed by atoms with Crippen LogP contribution in [0.3, 0.4) is 0 Å². The second-order valence-electron chi connectivity index (χ2n) is 18.0. The van der Waals surface area contributed by atoms with Crippen molar-refractivity contribution < 1.29 is 4.74 Å². The van der Waals surface area contributed by atoms with E-state index < -0.39 is 0 Å². The van der Waals surface area contributed by atoms with Crippen LogP contribution in [0.2, 0.25) is 0 Å². The Kier molecular flexibility index (Phi) is 8.81. The molecule has 0 bridgehead atoms. The van der Waals surface area contributed by atoms with E-state index in [1.165, 1.54) is 131 Å². The highest BCUT2D eigenvalue weighted by Crippen LogP contribution is 2.56. The lowest BCUT2D eigenvalue weighted by Crippen LogP contribution is -2.60. The number of hydrogen-bond acceptors (Lipinski definition) is 4. The Morgan fingerprint density at radius 3 is 1.95 bits per heavy atom. The summed E-state index contributed by atoms with van der Waals surface area (Å²) in [7, 11) is 0. The van der Waals surface area contributed by atoms with Gasteiger partial charge in [0.25, 0.3) is 0 Å². The smallest absolute Gasteiger partial charge is 0.333 e. The minimum Gasteiger partial charge on any atom is -0.453 e. The number of fused-ring (bicyclic) bond motifs is 13. The van der Waals surface area contributed by atoms with Crippen molar-refractivity contribution in [1.29, 1.82) is 0 Å². The van der Waals surface area contributed by atoms with Crippen LogP contribution in [0.5, 0.6) is 11.5 Å². The van der Waals surface area contributed by atoms with Crippen LogP contribution in [0.1, 0.15) is 63.5 Å². The average molecular weight is 846 g/mol. The van der Waals surface area contributed by atoms with Crippen molar-refractivity contribution in [2.24, 2.45) is 0 Å². The molecule has 10 aromatic rings. The fourth-order valence-electron chi connectivity index (χ4n) is 11.2. The monoisotopic (exact) mass is 845 g/mol. The van der Waals surface area contributed by atoms with Crippen molar-refractivity contribution in [3.8, 4) is 28.3 Å². The van der Waals surface area contributed by atoms with Gasteiger partial charge >= 0.3 is 6.85 Å². The van der Waals surface area contributed by atoms with E-state index >= 15 is 0 Å². The molecule has 0 amide bonds. The second-order valence-corrected chi connectivity index (χ2v) is 19.1. The first kappa shape index (κ1) is 37.8. The molecule has 0 unspecified atom stereocenters. The van der Waals surface area contributed by atoms with Gasteiger partial charge in [-0.3, -0.25) is 0 Å². The molecule has 8 aromatic carbocycles. The fraction of sp³-hybridized carbons (Fsp3) is 0.172. The number of nitrogens with zero attached hydrogens (tertiary/aromatic N) is 3. The van der Waals surface area contributed by atoms with Crippen molar-refractivity contribution >= 4 is 99.5 Å². The van der Waals surface area contributed by atoms with E-state index in [2.05, 4.69) is 186 Å². The van der Waals surface area contributed by atoms with E-state index in [0.717, 1.165) is 41.4 Å². The van der Waals surface area contributed by atoms with Crippen molar-refractivity contribution in [3.05, 3.63) is 169 Å². The number of ether oxygens (including phenoxy) is 1. The van der Waals surface area contributed by atoms with Crippen molar-refractivity contribution in [1.82, 2.24) is 4.57 Å². The summed E-state index contributed by atoms with van der Waals surface area (Å²) in [4.78, 5) is 5.19. The molecule has 3 aliphatic rings. The van der Waals surface area contributed by atoms with E-state index in [-0.39, 0.29) is 6.85 Å². The summed E-state index contributed by atoms with van der Waals surface area (Å²) >= 11 is 1.91. The zero-order chi connectivity index (χ0) is 42.5. The van der Waals surface area contributed by atoms with Gasteiger partial charge in [0.05, 0.1) is 28.1 Å². The van der Waals surface area contributed by atoms with Gasteiger partial charge in [-0.05, 0) is 126 Å². The van der Waals surface area contributed by atoms with Crippen LogP contribution in [0, 0.1) is 0 Å². The molecular formula is C58H48BN3OS. The summed E-state index contributed by atoms with van der Waals surface area (Å²) in [6.45, 7) is 4.53. The summed E-state index contributed by atoms with van der Waals surface area (Å²) < 4.78 is 11.9. The van der Waals surface area contributed by atoms with Crippen molar-refractivity contribution in [3.63, 3.8) is 0 Å². The molecule has 0 atom stereocenters. The zero-order valence-corrected chi connectivity index (χ0v) is 37.2. The lowest BCUT2D eigenvalue weighted by atomic mass is 9.43. The van der Waals surface area contributed by atoms with Crippen LogP contribution >= 0.6 is 11.3 Å². The standard InChI is InChI=1S/C58H48BN3OS/c1-3-5-7-17-37-27-30-39(31-28-37)62-50-34-43-40-19-10-16-26-54(40)64-55(43)36-42(50)44-35-51(60-48-22-12-14-24-52(48)63-53-25-15-13-23-49(53)60)56-41-20-9-11-21-46(41)61-47-32-29-38(18-8-6-4-2)33-45(47)59(62)57(44)58(56)61/h9-16,19-36H,3-8,17-18H2,1-2H3. The van der Waals surface area contributed by atoms with Gasteiger partial charge < -0.3 is 19.0 Å². The molecule has 0 fully saturated rings. The molecule has 0 N–H and O–H groups in total. The van der Waals surface area contributed by atoms with Gasteiger partial charge in [0.2, 0.25) is 0 Å². The van der Waals surface area contributed by atoms with Crippen molar-refractivity contribution in [2.45, 2.75) is 65.2 Å². The molecule has 2 aromatic heterocycles. The Morgan fingerprint density at radius 2 is 1.19 bits per heavy atom. The highest BCUT2D eigenvalue weighted by molar-refractivity contribution is 7.25. The Balaban J connectivity index is 1.17. The molecular weight excluding hydrogens is 798 g/mol. The number of thiophene rings is 1. The first-order valence-electron chi connectivity index (χ1n) is 23.4. The van der Waals surface area contributed by atoms with Gasteiger partial charge in [0, 0.05) is 53.6 Å². The van der Waals surface area contributed by atoms with E-state index in [1.54, 1.807) is 0 Å². The molecule has 13 rings (SSSR count). The first-order chi connectivity index (χ1) is 31.7. The molecule has 0 spiro atoms. The molecule has 4 nitrogen and oxygen atoms in total. The Morgan fingerprint density at radius 1 is 0.516 bits per heavy atom. The lowest BCUT2D eigenvalue weighted by Gasteiger charge is -2.43. The highest BCUT2D eigenvalue weighted by Gasteiger charge is 2.45. The molecule has 0 saturated heterocycles. The molecule has 64 heavy (non-hydrogen) atoms. The van der Waals surface area contributed by atoms with Gasteiger partial charge in [0.1, 0.15) is 0 Å². The van der Waals surface area contributed by atoms with Gasteiger partial charge in [-0.15, -0.1) is 11.3 Å². The third kappa shape index (κ3) is 5.61. The molecule has 3 aliphatic heterocycles. The van der Waals surface area contributed by atoms with E-state index in [1.807, 2.05) is 11.3 Å². The maximum absolute atomic E-state index is 6.65. The van der Waals surface area contributed by atoms with Crippen LogP contribution in [0.15, 0.2) is 158 Å². The van der Waals surface area contributed by atoms with E-state index in [9.17, 15) is 0 Å². The lowest BCUT2D eigenvalue weighted by molar-refractivity contribution is 0.477. The van der Waals surface area contributed by atoms with Gasteiger partial charge in [-0.1, -0.05) is 124 Å². The number of aromatic nitrogens is 1. The molecule has 0 radical (unpaired) electrons. The maximum atomic E-state index is 6.65. The Labute approximate surface area is 379 Å². The summed E-state index contributed by atoms with van der Waals surface area (Å²) in [5, 5.41) is 5.16. The minimum atomic E-state index is -0.0606. The normalized spacial score (nSPS) is 13.4. The second kappa shape index (κ2) is 14.9. The minimum absolute atomic E-state index is 0.0606. The van der Waals surface area contributed by atoms with E-state index in [4.69, 9.17) is 4.74 Å².